The number of epoxide rings is 1. The lowest BCUT2D eigenvalue weighted by molar-refractivity contribution is -0.161. The number of carboxylic acid groups (broad SMARTS) is 2. The molecule has 0 aromatic heterocycles. The summed E-state index contributed by atoms with van der Waals surface area (Å²) in [6.07, 6.45) is 4.34. The van der Waals surface area contributed by atoms with Gasteiger partial charge < -0.3 is 14.9 Å². The first-order valence-electron chi connectivity index (χ1n) is 7.55. The van der Waals surface area contributed by atoms with E-state index in [1.165, 1.54) is 0 Å². The Morgan fingerprint density at radius 3 is 2.50 bits per heavy atom. The van der Waals surface area contributed by atoms with Gasteiger partial charge in [0.25, 0.3) is 0 Å². The Balaban J connectivity index is 1.85. The molecule has 2 saturated carbocycles. The van der Waals surface area contributed by atoms with Crippen LogP contribution in [-0.4, -0.2) is 34.4 Å². The van der Waals surface area contributed by atoms with E-state index in [1.54, 1.807) is 0 Å². The highest BCUT2D eigenvalue weighted by atomic mass is 16.6. The van der Waals surface area contributed by atoms with Crippen molar-refractivity contribution < 1.29 is 24.5 Å². The molecule has 2 N–H and O–H groups in total. The molecule has 5 heteroatoms. The molecule has 0 bridgehead atoms. The fourth-order valence-corrected chi connectivity index (χ4v) is 4.48. The first-order chi connectivity index (χ1) is 9.44. The number of rotatable bonds is 3. The zero-order chi connectivity index (χ0) is 14.5. The van der Waals surface area contributed by atoms with Gasteiger partial charge in [-0.1, -0.05) is 6.92 Å². The van der Waals surface area contributed by atoms with Gasteiger partial charge in [0.2, 0.25) is 0 Å². The Morgan fingerprint density at radius 2 is 1.90 bits per heavy atom. The standard InChI is InChI=1S/C15H22O5/c1-8-2-3-9(13(16)17)6-10(8)15(14(18)19)5-4-11-12(7-15)20-11/h8-12H,2-7H2,1H3,(H,16,17)(H,18,19). The third-order valence-electron chi connectivity index (χ3n) is 5.81. The van der Waals surface area contributed by atoms with Crippen molar-refractivity contribution >= 4 is 11.9 Å². The second-order valence-electron chi connectivity index (χ2n) is 6.85. The van der Waals surface area contributed by atoms with Crippen LogP contribution in [0.5, 0.6) is 0 Å². The number of carbonyl (C=O) groups is 2. The van der Waals surface area contributed by atoms with Gasteiger partial charge in [0, 0.05) is 0 Å². The molecule has 0 radical (unpaired) electrons. The average Bonchev–Trinajstić information content (AvgIpc) is 3.16. The van der Waals surface area contributed by atoms with Crippen molar-refractivity contribution in [2.45, 2.75) is 57.7 Å². The lowest BCUT2D eigenvalue weighted by atomic mass is 9.57. The van der Waals surface area contributed by atoms with Crippen LogP contribution in [-0.2, 0) is 14.3 Å². The van der Waals surface area contributed by atoms with Gasteiger partial charge in [0.05, 0.1) is 23.5 Å². The molecule has 3 fully saturated rings. The summed E-state index contributed by atoms with van der Waals surface area (Å²) in [4.78, 5) is 23.2. The number of hydrogen-bond acceptors (Lipinski definition) is 3. The number of carboxylic acids is 2. The predicted molar refractivity (Wildman–Crippen MR) is 70.2 cm³/mol. The van der Waals surface area contributed by atoms with Gasteiger partial charge in [-0.25, -0.2) is 0 Å². The molecule has 0 spiro atoms. The molecular weight excluding hydrogens is 260 g/mol. The van der Waals surface area contributed by atoms with E-state index in [1.807, 2.05) is 0 Å². The molecule has 20 heavy (non-hydrogen) atoms. The fourth-order valence-electron chi connectivity index (χ4n) is 4.48. The molecule has 0 amide bonds. The summed E-state index contributed by atoms with van der Waals surface area (Å²) in [7, 11) is 0. The zero-order valence-corrected chi connectivity index (χ0v) is 11.7. The third kappa shape index (κ3) is 2.12. The van der Waals surface area contributed by atoms with E-state index < -0.39 is 17.4 Å². The van der Waals surface area contributed by atoms with Crippen LogP contribution in [0.4, 0.5) is 0 Å². The van der Waals surface area contributed by atoms with Crippen molar-refractivity contribution in [2.75, 3.05) is 0 Å². The molecule has 3 rings (SSSR count). The summed E-state index contributed by atoms with van der Waals surface area (Å²) in [5, 5.41) is 19.1. The van der Waals surface area contributed by atoms with Crippen molar-refractivity contribution in [1.82, 2.24) is 0 Å². The van der Waals surface area contributed by atoms with E-state index in [4.69, 9.17) is 4.74 Å². The minimum absolute atomic E-state index is 0.0417. The van der Waals surface area contributed by atoms with Gasteiger partial charge in [-0.15, -0.1) is 0 Å². The predicted octanol–water partition coefficient (Wildman–Crippen LogP) is 2.15. The summed E-state index contributed by atoms with van der Waals surface area (Å²) in [5.41, 5.74) is -0.773. The summed E-state index contributed by atoms with van der Waals surface area (Å²) >= 11 is 0. The minimum atomic E-state index is -0.779. The first-order valence-corrected chi connectivity index (χ1v) is 7.55. The maximum Gasteiger partial charge on any atom is 0.310 e. The Bertz CT molecular complexity index is 434. The van der Waals surface area contributed by atoms with Crippen LogP contribution < -0.4 is 0 Å². The van der Waals surface area contributed by atoms with E-state index in [-0.39, 0.29) is 30.0 Å². The summed E-state index contributed by atoms with van der Waals surface area (Å²) in [6, 6.07) is 0. The van der Waals surface area contributed by atoms with E-state index >= 15 is 0 Å². The van der Waals surface area contributed by atoms with Gasteiger partial charge in [0.15, 0.2) is 0 Å². The average molecular weight is 282 g/mol. The Labute approximate surface area is 118 Å². The van der Waals surface area contributed by atoms with Crippen LogP contribution in [0.15, 0.2) is 0 Å². The van der Waals surface area contributed by atoms with Crippen LogP contribution in [0.25, 0.3) is 0 Å². The normalized spacial score (nSPS) is 47.4. The summed E-state index contributed by atoms with van der Waals surface area (Å²) in [6.45, 7) is 2.08. The summed E-state index contributed by atoms with van der Waals surface area (Å²) < 4.78 is 5.50. The highest BCUT2D eigenvalue weighted by Crippen LogP contribution is 2.55. The smallest absolute Gasteiger partial charge is 0.310 e. The van der Waals surface area contributed by atoms with Crippen LogP contribution >= 0.6 is 0 Å². The molecule has 1 heterocycles. The molecule has 6 atom stereocenters. The van der Waals surface area contributed by atoms with Crippen LogP contribution in [0.2, 0.25) is 0 Å². The maximum atomic E-state index is 12.0. The highest BCUT2D eigenvalue weighted by molar-refractivity contribution is 5.76. The number of ether oxygens (including phenoxy) is 1. The summed E-state index contributed by atoms with van der Waals surface area (Å²) in [5.74, 6) is -1.68. The van der Waals surface area contributed by atoms with E-state index in [2.05, 4.69) is 6.92 Å². The highest BCUT2D eigenvalue weighted by Gasteiger charge is 2.59. The molecule has 1 saturated heterocycles. The molecule has 0 aromatic rings. The fraction of sp³-hybridized carbons (Fsp3) is 0.867. The van der Waals surface area contributed by atoms with Gasteiger partial charge in [0.1, 0.15) is 0 Å². The zero-order valence-electron chi connectivity index (χ0n) is 11.7. The Kier molecular flexibility index (Phi) is 3.27. The Morgan fingerprint density at radius 1 is 1.15 bits per heavy atom. The molecule has 2 aliphatic carbocycles. The third-order valence-corrected chi connectivity index (χ3v) is 5.81. The van der Waals surface area contributed by atoms with Gasteiger partial charge in [-0.2, -0.15) is 0 Å². The largest absolute Gasteiger partial charge is 0.481 e. The topological polar surface area (TPSA) is 87.1 Å². The number of fused-ring (bicyclic) bond motifs is 1. The minimum Gasteiger partial charge on any atom is -0.481 e. The van der Waals surface area contributed by atoms with Gasteiger partial charge >= 0.3 is 11.9 Å². The molecule has 6 unspecified atom stereocenters. The second-order valence-corrected chi connectivity index (χ2v) is 6.85. The first kappa shape index (κ1) is 13.9. The monoisotopic (exact) mass is 282 g/mol. The molecule has 5 nitrogen and oxygen atoms in total. The van der Waals surface area contributed by atoms with Crippen LogP contribution in [0.1, 0.15) is 45.4 Å². The number of hydrogen-bond donors (Lipinski definition) is 2. The molecule has 3 aliphatic rings. The van der Waals surface area contributed by atoms with E-state index in [0.29, 0.717) is 25.7 Å². The van der Waals surface area contributed by atoms with Crippen molar-refractivity contribution in [2.24, 2.45) is 23.2 Å². The molecule has 112 valence electrons. The second kappa shape index (κ2) is 4.72. The lowest BCUT2D eigenvalue weighted by Gasteiger charge is -2.45. The van der Waals surface area contributed by atoms with Gasteiger partial charge in [-0.3, -0.25) is 9.59 Å². The SMILES string of the molecule is CC1CCC(C(=O)O)CC1C1(C(=O)O)CCC2OC2C1. The van der Waals surface area contributed by atoms with E-state index in [0.717, 1.165) is 12.8 Å². The molecule has 1 aliphatic heterocycles. The van der Waals surface area contributed by atoms with Crippen molar-refractivity contribution in [3.8, 4) is 0 Å². The van der Waals surface area contributed by atoms with Gasteiger partial charge in [-0.05, 0) is 50.4 Å². The molecule has 0 aromatic carbocycles. The quantitative estimate of drug-likeness (QED) is 0.774. The van der Waals surface area contributed by atoms with Crippen molar-refractivity contribution in [1.29, 1.82) is 0 Å². The van der Waals surface area contributed by atoms with Crippen molar-refractivity contribution in [3.05, 3.63) is 0 Å². The van der Waals surface area contributed by atoms with E-state index in [9.17, 15) is 19.8 Å². The maximum absolute atomic E-state index is 12.0. The lowest BCUT2D eigenvalue weighted by Crippen LogP contribution is -2.47. The number of aliphatic carboxylic acids is 2. The van der Waals surface area contributed by atoms with Crippen molar-refractivity contribution in [3.63, 3.8) is 0 Å². The molecular formula is C15H22O5. The Hall–Kier alpha value is -1.10. The van der Waals surface area contributed by atoms with Crippen LogP contribution in [0.3, 0.4) is 0 Å². The van der Waals surface area contributed by atoms with Crippen LogP contribution in [0, 0.1) is 23.2 Å².